The van der Waals surface area contributed by atoms with E-state index in [0.717, 1.165) is 26.3 Å². The van der Waals surface area contributed by atoms with Crippen molar-refractivity contribution in [3.63, 3.8) is 0 Å². The normalized spacial score (nSPS) is 11.0. The van der Waals surface area contributed by atoms with Gasteiger partial charge in [0.25, 0.3) is 5.56 Å². The monoisotopic (exact) mass is 318 g/mol. The molecule has 21 heavy (non-hydrogen) atoms. The molecule has 3 rings (SSSR count). The van der Waals surface area contributed by atoms with Crippen molar-refractivity contribution in [2.24, 2.45) is 0 Å². The van der Waals surface area contributed by atoms with E-state index in [4.69, 9.17) is 0 Å². The van der Waals surface area contributed by atoms with Crippen LogP contribution in [0, 0.1) is 13.8 Å². The molecule has 7 heteroatoms. The van der Waals surface area contributed by atoms with Crippen LogP contribution in [0.2, 0.25) is 0 Å². The second-order valence-electron chi connectivity index (χ2n) is 4.67. The van der Waals surface area contributed by atoms with Crippen LogP contribution in [0.15, 0.2) is 39.5 Å². The molecule has 3 aromatic rings. The first-order valence-electron chi connectivity index (χ1n) is 6.43. The lowest BCUT2D eigenvalue weighted by Gasteiger charge is -2.02. The molecule has 108 valence electrons. The van der Waals surface area contributed by atoms with Crippen LogP contribution < -0.4 is 5.56 Å². The minimum atomic E-state index is -0.0513. The van der Waals surface area contributed by atoms with E-state index in [1.165, 1.54) is 0 Å². The molecular weight excluding hydrogens is 304 g/mol. The van der Waals surface area contributed by atoms with Crippen LogP contribution in [-0.2, 0) is 5.75 Å². The predicted molar refractivity (Wildman–Crippen MR) is 85.3 cm³/mol. The number of nitrogens with zero attached hydrogens (tertiary/aromatic N) is 3. The molecular formula is C14H14N4OS2. The van der Waals surface area contributed by atoms with Crippen molar-refractivity contribution >= 4 is 23.1 Å². The molecule has 0 aliphatic carbocycles. The van der Waals surface area contributed by atoms with E-state index >= 15 is 0 Å². The van der Waals surface area contributed by atoms with Gasteiger partial charge in [0.2, 0.25) is 0 Å². The molecule has 0 unspecified atom stereocenters. The van der Waals surface area contributed by atoms with E-state index in [9.17, 15) is 4.79 Å². The van der Waals surface area contributed by atoms with Crippen LogP contribution in [0.3, 0.4) is 0 Å². The van der Waals surface area contributed by atoms with Crippen molar-refractivity contribution in [3.8, 4) is 5.69 Å². The maximum atomic E-state index is 12.1. The summed E-state index contributed by atoms with van der Waals surface area (Å²) >= 11 is 3.13. The van der Waals surface area contributed by atoms with E-state index in [2.05, 4.69) is 15.3 Å². The van der Waals surface area contributed by atoms with E-state index in [1.807, 2.05) is 38.1 Å². The summed E-state index contributed by atoms with van der Waals surface area (Å²) in [6, 6.07) is 9.46. The van der Waals surface area contributed by atoms with Crippen LogP contribution in [-0.4, -0.2) is 20.0 Å². The zero-order valence-electron chi connectivity index (χ0n) is 11.7. The van der Waals surface area contributed by atoms with Crippen molar-refractivity contribution < 1.29 is 0 Å². The lowest BCUT2D eigenvalue weighted by atomic mass is 10.2. The highest BCUT2D eigenvalue weighted by Gasteiger charge is 2.07. The summed E-state index contributed by atoms with van der Waals surface area (Å²) in [5.74, 6) is 0.669. The Bertz CT molecular complexity index is 818. The third-order valence-corrected chi connectivity index (χ3v) is 4.91. The maximum Gasteiger partial charge on any atom is 0.271 e. The molecule has 0 atom stereocenters. The first-order valence-corrected chi connectivity index (χ1v) is 8.23. The standard InChI is InChI=1S/C14H14N4OS2/c1-9-4-3-5-12(6-9)18-13(19)7-11(17-18)8-20-14-16-15-10(2)21-14/h3-7,17H,8H2,1-2H3. The topological polar surface area (TPSA) is 63.6 Å². The van der Waals surface area contributed by atoms with Gasteiger partial charge in [0.1, 0.15) is 5.01 Å². The fraction of sp³-hybridized carbons (Fsp3) is 0.214. The first kappa shape index (κ1) is 14.1. The average molecular weight is 318 g/mol. The Kier molecular flexibility index (Phi) is 3.94. The molecule has 0 spiro atoms. The van der Waals surface area contributed by atoms with Gasteiger partial charge in [-0.25, -0.2) is 4.68 Å². The van der Waals surface area contributed by atoms with Crippen LogP contribution in [0.1, 0.15) is 16.3 Å². The Morgan fingerprint density at radius 1 is 1.29 bits per heavy atom. The zero-order valence-corrected chi connectivity index (χ0v) is 13.3. The highest BCUT2D eigenvalue weighted by atomic mass is 32.2. The molecule has 0 saturated carbocycles. The molecule has 0 fully saturated rings. The molecule has 0 aliphatic rings. The summed E-state index contributed by atoms with van der Waals surface area (Å²) in [4.78, 5) is 12.1. The number of benzene rings is 1. The molecule has 0 radical (unpaired) electrons. The summed E-state index contributed by atoms with van der Waals surface area (Å²) in [7, 11) is 0. The highest BCUT2D eigenvalue weighted by molar-refractivity contribution is 8.00. The van der Waals surface area contributed by atoms with Crippen molar-refractivity contribution in [3.05, 3.63) is 57.0 Å². The third-order valence-electron chi connectivity index (χ3n) is 2.89. The minimum Gasteiger partial charge on any atom is -0.294 e. The van der Waals surface area contributed by atoms with Gasteiger partial charge < -0.3 is 0 Å². The van der Waals surface area contributed by atoms with Gasteiger partial charge in [-0.3, -0.25) is 9.89 Å². The number of thioether (sulfide) groups is 1. The number of aromatic amines is 1. The highest BCUT2D eigenvalue weighted by Crippen LogP contribution is 2.24. The molecule has 5 nitrogen and oxygen atoms in total. The number of nitrogens with one attached hydrogen (secondary N) is 1. The zero-order chi connectivity index (χ0) is 14.8. The number of rotatable bonds is 4. The van der Waals surface area contributed by atoms with E-state index in [0.29, 0.717) is 5.75 Å². The van der Waals surface area contributed by atoms with Crippen molar-refractivity contribution in [2.75, 3.05) is 0 Å². The molecule has 2 heterocycles. The lowest BCUT2D eigenvalue weighted by molar-refractivity contribution is 0.832. The van der Waals surface area contributed by atoms with Crippen molar-refractivity contribution in [1.29, 1.82) is 0 Å². The second kappa shape index (κ2) is 5.87. The maximum absolute atomic E-state index is 12.1. The third kappa shape index (κ3) is 3.25. The van der Waals surface area contributed by atoms with Gasteiger partial charge in [0.15, 0.2) is 4.34 Å². The smallest absolute Gasteiger partial charge is 0.271 e. The Labute approximate surface area is 130 Å². The van der Waals surface area contributed by atoms with Gasteiger partial charge in [-0.2, -0.15) is 0 Å². The largest absolute Gasteiger partial charge is 0.294 e. The van der Waals surface area contributed by atoms with Crippen LogP contribution in [0.25, 0.3) is 5.69 Å². The van der Waals surface area contributed by atoms with Gasteiger partial charge >= 0.3 is 0 Å². The van der Waals surface area contributed by atoms with Gasteiger partial charge in [0, 0.05) is 17.5 Å². The molecule has 2 aromatic heterocycles. The quantitative estimate of drug-likeness (QED) is 0.751. The average Bonchev–Trinajstić information content (AvgIpc) is 3.02. The molecule has 0 amide bonds. The van der Waals surface area contributed by atoms with Gasteiger partial charge in [-0.15, -0.1) is 10.2 Å². The predicted octanol–water partition coefficient (Wildman–Crippen LogP) is 2.93. The summed E-state index contributed by atoms with van der Waals surface area (Å²) in [5, 5.41) is 12.1. The fourth-order valence-electron chi connectivity index (χ4n) is 1.95. The van der Waals surface area contributed by atoms with Gasteiger partial charge in [0.05, 0.1) is 5.69 Å². The van der Waals surface area contributed by atoms with E-state index in [-0.39, 0.29) is 5.56 Å². The lowest BCUT2D eigenvalue weighted by Crippen LogP contribution is -2.13. The fourth-order valence-corrected chi connectivity index (χ4v) is 3.67. The Morgan fingerprint density at radius 3 is 2.86 bits per heavy atom. The van der Waals surface area contributed by atoms with E-state index < -0.39 is 0 Å². The number of H-pyrrole nitrogens is 1. The SMILES string of the molecule is Cc1cccc(-n2[nH]c(CSc3nnc(C)s3)cc2=O)c1. The Hall–Kier alpha value is -1.86. The molecule has 0 saturated heterocycles. The van der Waals surface area contributed by atoms with Crippen LogP contribution >= 0.6 is 23.1 Å². The van der Waals surface area contributed by atoms with Crippen LogP contribution in [0.4, 0.5) is 0 Å². The van der Waals surface area contributed by atoms with Gasteiger partial charge in [-0.05, 0) is 31.5 Å². The summed E-state index contributed by atoms with van der Waals surface area (Å²) in [6.45, 7) is 3.93. The molecule has 1 N–H and O–H groups in total. The molecule has 0 aliphatic heterocycles. The summed E-state index contributed by atoms with van der Waals surface area (Å²) in [5.41, 5.74) is 2.79. The van der Waals surface area contributed by atoms with Gasteiger partial charge in [-0.1, -0.05) is 35.2 Å². The molecule has 1 aromatic carbocycles. The van der Waals surface area contributed by atoms with Crippen LogP contribution in [0.5, 0.6) is 0 Å². The summed E-state index contributed by atoms with van der Waals surface area (Å²) < 4.78 is 2.48. The first-order chi connectivity index (χ1) is 10.1. The van der Waals surface area contributed by atoms with Crippen molar-refractivity contribution in [1.82, 2.24) is 20.0 Å². The number of hydrogen-bond acceptors (Lipinski definition) is 5. The second-order valence-corrected chi connectivity index (χ2v) is 7.07. The van der Waals surface area contributed by atoms with Crippen molar-refractivity contribution in [2.45, 2.75) is 23.9 Å². The summed E-state index contributed by atoms with van der Waals surface area (Å²) in [6.07, 6.45) is 0. The van der Waals surface area contributed by atoms with E-state index in [1.54, 1.807) is 33.8 Å². The Morgan fingerprint density at radius 2 is 2.14 bits per heavy atom. The number of aryl methyl sites for hydroxylation is 2. The number of hydrogen-bond donors (Lipinski definition) is 1. The minimum absolute atomic E-state index is 0.0513. The molecule has 0 bridgehead atoms. The number of aromatic nitrogens is 4. The Balaban J connectivity index is 1.80.